The van der Waals surface area contributed by atoms with Crippen LogP contribution < -0.4 is 18.5 Å². The predicted molar refractivity (Wildman–Crippen MR) is 191 cm³/mol. The third kappa shape index (κ3) is 9.75. The summed E-state index contributed by atoms with van der Waals surface area (Å²) in [5.41, 5.74) is 1.90. The predicted octanol–water partition coefficient (Wildman–Crippen LogP) is 5.60. The molecule has 2 aliphatic rings. The van der Waals surface area contributed by atoms with E-state index >= 15 is 0 Å². The summed E-state index contributed by atoms with van der Waals surface area (Å²) in [5, 5.41) is 12.7. The second-order valence-corrected chi connectivity index (χ2v) is 15.5. The number of alkyl halides is 2. The topological polar surface area (TPSA) is 126 Å². The lowest BCUT2D eigenvalue weighted by atomic mass is 10.0. The molecule has 0 radical (unpaired) electrons. The molecule has 4 aromatic rings. The van der Waals surface area contributed by atoms with Gasteiger partial charge in [0.25, 0.3) is 0 Å². The fourth-order valence-electron chi connectivity index (χ4n) is 6.02. The maximum absolute atomic E-state index is 13.6. The Hall–Kier alpha value is -3.89. The smallest absolute Gasteiger partial charge is 0.387 e. The quantitative estimate of drug-likeness (QED) is 0.0812. The van der Waals surface area contributed by atoms with Gasteiger partial charge in [-0.25, -0.2) is 8.42 Å². The fourth-order valence-corrected chi connectivity index (χ4v) is 7.53. The summed E-state index contributed by atoms with van der Waals surface area (Å²) in [6, 6.07) is 11.3. The van der Waals surface area contributed by atoms with Crippen LogP contribution in [0.4, 0.5) is 14.5 Å². The molecular weight excluding hydrogens is 745 g/mol. The summed E-state index contributed by atoms with van der Waals surface area (Å²) < 4.78 is 77.5. The van der Waals surface area contributed by atoms with E-state index in [4.69, 9.17) is 37.4 Å². The van der Waals surface area contributed by atoms with E-state index in [1.54, 1.807) is 35.0 Å². The molecule has 0 amide bonds. The third-order valence-electron chi connectivity index (χ3n) is 8.91. The van der Waals surface area contributed by atoms with Gasteiger partial charge in [0.1, 0.15) is 22.7 Å². The summed E-state index contributed by atoms with van der Waals surface area (Å²) in [7, 11) is -3.59. The van der Waals surface area contributed by atoms with Crippen LogP contribution in [0.1, 0.15) is 30.1 Å². The number of sulfonamides is 1. The van der Waals surface area contributed by atoms with Gasteiger partial charge in [0, 0.05) is 55.3 Å². The van der Waals surface area contributed by atoms with Crippen molar-refractivity contribution < 1.29 is 45.7 Å². The Morgan fingerprint density at radius 2 is 1.81 bits per heavy atom. The van der Waals surface area contributed by atoms with Crippen LogP contribution in [0.15, 0.2) is 61.1 Å². The Labute approximate surface area is 309 Å². The molecule has 3 heterocycles. The van der Waals surface area contributed by atoms with E-state index in [-0.39, 0.29) is 41.1 Å². The lowest BCUT2D eigenvalue weighted by Crippen LogP contribution is -2.43. The molecule has 17 heteroatoms. The first-order valence-corrected chi connectivity index (χ1v) is 19.3. The number of ether oxygens (including phenoxy) is 4. The van der Waals surface area contributed by atoms with Crippen LogP contribution >= 0.6 is 23.2 Å². The lowest BCUT2D eigenvalue weighted by Gasteiger charge is -2.30. The Balaban J connectivity index is 1.23. The molecule has 0 spiro atoms. The second kappa shape index (κ2) is 16.4. The van der Waals surface area contributed by atoms with Gasteiger partial charge in [0.2, 0.25) is 10.0 Å². The number of rotatable bonds is 16. The van der Waals surface area contributed by atoms with E-state index in [0.29, 0.717) is 64.7 Å². The first-order chi connectivity index (χ1) is 24.8. The minimum atomic E-state index is -3.59. The zero-order valence-corrected chi connectivity index (χ0v) is 30.6. The van der Waals surface area contributed by atoms with E-state index in [1.165, 1.54) is 28.8 Å². The molecule has 2 aromatic heterocycles. The molecule has 0 bridgehead atoms. The molecule has 1 unspecified atom stereocenters. The van der Waals surface area contributed by atoms with Gasteiger partial charge < -0.3 is 28.7 Å². The molecule has 1 aliphatic heterocycles. The SMILES string of the molecule is CS(=O)(=O)N(CCN1CCOCC1)c1ccc2c(ccn2CC(=O)OC(Cc2c(Cl)c[n+]([O-])cc2Cl)c2ccc(OC(F)F)c(OCC3CC3)c2)c1. The van der Waals surface area contributed by atoms with Crippen LogP contribution in [0.25, 0.3) is 10.9 Å². The molecule has 0 N–H and O–H groups in total. The number of esters is 1. The van der Waals surface area contributed by atoms with Gasteiger partial charge >= 0.3 is 12.6 Å². The van der Waals surface area contributed by atoms with Crippen molar-refractivity contribution in [3.05, 3.63) is 87.4 Å². The third-order valence-corrected chi connectivity index (χ3v) is 10.8. The normalized spacial score (nSPS) is 15.9. The fraction of sp³-hybridized carbons (Fsp3) is 0.429. The number of nitrogens with zero attached hydrogens (tertiary/aromatic N) is 4. The summed E-state index contributed by atoms with van der Waals surface area (Å²) in [5.74, 6) is -0.435. The minimum absolute atomic E-state index is 0.0479. The van der Waals surface area contributed by atoms with Crippen molar-refractivity contribution in [3.8, 4) is 11.5 Å². The molecule has 2 fully saturated rings. The number of carbonyl (C=O) groups excluding carboxylic acids is 1. The molecule has 1 aliphatic carbocycles. The van der Waals surface area contributed by atoms with Crippen molar-refractivity contribution in [1.82, 2.24) is 9.47 Å². The summed E-state index contributed by atoms with van der Waals surface area (Å²) in [6.07, 6.45) is 5.97. The monoisotopic (exact) mass is 782 g/mol. The highest BCUT2D eigenvalue weighted by Crippen LogP contribution is 2.38. The van der Waals surface area contributed by atoms with Gasteiger partial charge in [0.15, 0.2) is 23.9 Å². The van der Waals surface area contributed by atoms with Crippen molar-refractivity contribution in [1.29, 1.82) is 0 Å². The molecule has 12 nitrogen and oxygen atoms in total. The van der Waals surface area contributed by atoms with Crippen molar-refractivity contribution in [2.75, 3.05) is 56.6 Å². The maximum atomic E-state index is 13.6. The van der Waals surface area contributed by atoms with Gasteiger partial charge in [-0.15, -0.1) is 0 Å². The van der Waals surface area contributed by atoms with Crippen molar-refractivity contribution >= 4 is 55.8 Å². The first kappa shape index (κ1) is 37.9. The van der Waals surface area contributed by atoms with Crippen LogP contribution in [0, 0.1) is 11.1 Å². The van der Waals surface area contributed by atoms with E-state index < -0.39 is 28.7 Å². The van der Waals surface area contributed by atoms with E-state index in [0.717, 1.165) is 38.3 Å². The molecular formula is C35H38Cl2F2N4O8S. The number of fused-ring (bicyclic) bond motifs is 1. The highest BCUT2D eigenvalue weighted by atomic mass is 35.5. The standard InChI is InChI=1S/C35H38Cl2F2N4O8S/c1-52(46,47)43(11-10-40-12-14-48-15-13-40)26-5-6-30-24(16-26)8-9-41(30)21-34(44)50-32(18-27-28(36)19-42(45)20-29(27)37)25-4-7-31(51-35(38)39)33(17-25)49-22-23-2-3-23/h4-9,16-17,19-20,23,32,35H,2-3,10-15,18,21-22H2,1H3. The Morgan fingerprint density at radius 3 is 2.48 bits per heavy atom. The van der Waals surface area contributed by atoms with Gasteiger partial charge in [-0.3, -0.25) is 14.0 Å². The van der Waals surface area contributed by atoms with Crippen LogP contribution in [0.3, 0.4) is 0 Å². The Bertz CT molecular complexity index is 1980. The number of hydrogen-bond donors (Lipinski definition) is 0. The highest BCUT2D eigenvalue weighted by Gasteiger charge is 2.27. The van der Waals surface area contributed by atoms with Crippen molar-refractivity contribution in [2.24, 2.45) is 5.92 Å². The number of hydrogen-bond acceptors (Lipinski definition) is 9. The number of halogens is 4. The van der Waals surface area contributed by atoms with Crippen molar-refractivity contribution in [3.63, 3.8) is 0 Å². The molecule has 1 saturated carbocycles. The highest BCUT2D eigenvalue weighted by molar-refractivity contribution is 7.92. The van der Waals surface area contributed by atoms with E-state index in [1.807, 2.05) is 0 Å². The van der Waals surface area contributed by atoms with Crippen LogP contribution in [0.5, 0.6) is 11.5 Å². The molecule has 2 aromatic carbocycles. The second-order valence-electron chi connectivity index (χ2n) is 12.8. The average molecular weight is 784 g/mol. The van der Waals surface area contributed by atoms with Gasteiger partial charge in [-0.05, 0) is 60.7 Å². The number of carbonyl (C=O) groups is 1. The van der Waals surface area contributed by atoms with E-state index in [2.05, 4.69) is 9.64 Å². The number of pyridine rings is 1. The Kier molecular flexibility index (Phi) is 12.0. The van der Waals surface area contributed by atoms with Gasteiger partial charge in [-0.2, -0.15) is 13.5 Å². The summed E-state index contributed by atoms with van der Waals surface area (Å²) in [4.78, 5) is 15.8. The molecule has 6 rings (SSSR count). The van der Waals surface area contributed by atoms with Crippen molar-refractivity contribution in [2.45, 2.75) is 38.5 Å². The first-order valence-electron chi connectivity index (χ1n) is 16.7. The van der Waals surface area contributed by atoms with Crippen LogP contribution in [0.2, 0.25) is 10.0 Å². The lowest BCUT2D eigenvalue weighted by molar-refractivity contribution is -0.605. The van der Waals surface area contributed by atoms with Gasteiger partial charge in [0.05, 0.1) is 31.8 Å². The summed E-state index contributed by atoms with van der Waals surface area (Å²) in [6.45, 7) is 0.503. The number of benzene rings is 2. The van der Waals surface area contributed by atoms with Gasteiger partial charge in [-0.1, -0.05) is 29.3 Å². The molecule has 1 atom stereocenters. The van der Waals surface area contributed by atoms with E-state index in [9.17, 15) is 27.2 Å². The van der Waals surface area contributed by atoms with Crippen LogP contribution in [-0.4, -0.2) is 82.7 Å². The molecule has 280 valence electrons. The number of anilines is 1. The summed E-state index contributed by atoms with van der Waals surface area (Å²) >= 11 is 12.8. The molecule has 52 heavy (non-hydrogen) atoms. The minimum Gasteiger partial charge on any atom is -0.619 e. The zero-order chi connectivity index (χ0) is 37.0. The number of morpholine rings is 1. The zero-order valence-electron chi connectivity index (χ0n) is 28.3. The van der Waals surface area contributed by atoms with Crippen LogP contribution in [-0.2, 0) is 37.3 Å². The Morgan fingerprint density at radius 1 is 1.08 bits per heavy atom. The average Bonchev–Trinajstić information content (AvgIpc) is 3.84. The maximum Gasteiger partial charge on any atom is 0.387 e. The largest absolute Gasteiger partial charge is 0.619 e. The molecule has 1 saturated heterocycles. The number of aromatic nitrogens is 2.